The van der Waals surface area contributed by atoms with Gasteiger partial charge in [-0.05, 0) is 71.9 Å². The Labute approximate surface area is 220 Å². The van der Waals surface area contributed by atoms with Gasteiger partial charge in [0, 0.05) is 18.7 Å². The summed E-state index contributed by atoms with van der Waals surface area (Å²) in [5.74, 6) is 1.26. The summed E-state index contributed by atoms with van der Waals surface area (Å²) in [5, 5.41) is 2.28. The van der Waals surface area contributed by atoms with Gasteiger partial charge in [0.2, 0.25) is 0 Å². The molecule has 4 atom stereocenters. The molecule has 0 bridgehead atoms. The van der Waals surface area contributed by atoms with Crippen LogP contribution >= 0.6 is 0 Å². The van der Waals surface area contributed by atoms with Gasteiger partial charge in [0.1, 0.15) is 0 Å². The average molecular weight is 492 g/mol. The molecule has 1 fully saturated rings. The Balaban J connectivity index is 1.29. The van der Waals surface area contributed by atoms with E-state index in [1.165, 1.54) is 16.5 Å². The monoisotopic (exact) mass is 491 g/mol. The molecule has 0 radical (unpaired) electrons. The molecular formula is C34H37NO2. The summed E-state index contributed by atoms with van der Waals surface area (Å²) in [6.45, 7) is 4.12. The Kier molecular flexibility index (Phi) is 6.84. The molecule has 3 aliphatic rings. The van der Waals surface area contributed by atoms with Crippen molar-refractivity contribution in [3.05, 3.63) is 108 Å². The van der Waals surface area contributed by atoms with Crippen molar-refractivity contribution in [3.63, 3.8) is 0 Å². The highest BCUT2D eigenvalue weighted by atomic mass is 16.5. The van der Waals surface area contributed by atoms with E-state index in [1.54, 1.807) is 0 Å². The smallest absolute Gasteiger partial charge is 0.176 e. The Morgan fingerprint density at radius 3 is 2.59 bits per heavy atom. The van der Waals surface area contributed by atoms with Gasteiger partial charge in [-0.1, -0.05) is 91.9 Å². The van der Waals surface area contributed by atoms with E-state index in [4.69, 9.17) is 4.74 Å². The molecule has 0 spiro atoms. The van der Waals surface area contributed by atoms with Gasteiger partial charge in [0.05, 0.1) is 18.2 Å². The maximum Gasteiger partial charge on any atom is 0.176 e. The molecule has 37 heavy (non-hydrogen) atoms. The summed E-state index contributed by atoms with van der Waals surface area (Å²) in [4.78, 5) is 16.1. The summed E-state index contributed by atoms with van der Waals surface area (Å²) in [6.07, 6.45) is 14.7. The number of allylic oxidation sites excluding steroid dienone is 2. The number of nitrogens with zero attached hydrogens (tertiary/aromatic N) is 1. The molecule has 4 unspecified atom stereocenters. The molecule has 0 saturated carbocycles. The lowest BCUT2D eigenvalue weighted by Gasteiger charge is -2.41. The molecule has 0 N–H and O–H groups in total. The standard InChI is InChI=1S/C34H37NO2/c1-2-25-10-9-11-26(20-25)22-35(23-32(36)29-18-17-27-12-3-4-13-28(27)21-29)24-34-19-8-7-15-31(34)30-14-5-6-16-33(30)37-34/h3-13,17-18,20-21,30-31,33H,2,14-16,19,22-24H2,1H3. The van der Waals surface area contributed by atoms with Crippen LogP contribution in [0.25, 0.3) is 10.8 Å². The molecule has 3 nitrogen and oxygen atoms in total. The molecule has 0 aromatic heterocycles. The van der Waals surface area contributed by atoms with Crippen molar-refractivity contribution < 1.29 is 9.53 Å². The predicted octanol–water partition coefficient (Wildman–Crippen LogP) is 7.16. The minimum absolute atomic E-state index is 0.175. The first-order valence-electron chi connectivity index (χ1n) is 13.9. The largest absolute Gasteiger partial charge is 0.369 e. The molecule has 190 valence electrons. The van der Waals surface area contributed by atoms with E-state index in [9.17, 15) is 4.79 Å². The van der Waals surface area contributed by atoms with Crippen LogP contribution in [-0.2, 0) is 17.7 Å². The molecule has 2 aliphatic carbocycles. The molecule has 3 aromatic rings. The third-order valence-corrected chi connectivity index (χ3v) is 8.76. The highest BCUT2D eigenvalue weighted by Crippen LogP contribution is 2.51. The van der Waals surface area contributed by atoms with Crippen molar-refractivity contribution in [2.24, 2.45) is 11.8 Å². The van der Waals surface area contributed by atoms with Crippen LogP contribution in [0.4, 0.5) is 0 Å². The minimum Gasteiger partial charge on any atom is -0.369 e. The minimum atomic E-state index is -0.220. The Hall–Kier alpha value is -3.01. The lowest BCUT2D eigenvalue weighted by atomic mass is 9.70. The number of hydrogen-bond acceptors (Lipinski definition) is 3. The van der Waals surface area contributed by atoms with Crippen LogP contribution in [0, 0.1) is 11.8 Å². The predicted molar refractivity (Wildman–Crippen MR) is 151 cm³/mol. The highest BCUT2D eigenvalue weighted by molar-refractivity contribution is 6.01. The van der Waals surface area contributed by atoms with E-state index in [0.29, 0.717) is 24.5 Å². The maximum absolute atomic E-state index is 13.7. The Bertz CT molecular complexity index is 1340. The highest BCUT2D eigenvalue weighted by Gasteiger charge is 2.54. The van der Waals surface area contributed by atoms with Crippen molar-refractivity contribution in [2.45, 2.75) is 57.3 Å². The van der Waals surface area contributed by atoms with E-state index in [2.05, 4.69) is 78.6 Å². The van der Waals surface area contributed by atoms with Gasteiger partial charge in [-0.3, -0.25) is 9.69 Å². The van der Waals surface area contributed by atoms with Crippen LogP contribution in [0.15, 0.2) is 91.0 Å². The van der Waals surface area contributed by atoms with Gasteiger partial charge >= 0.3 is 0 Å². The zero-order valence-electron chi connectivity index (χ0n) is 21.8. The second-order valence-electron chi connectivity index (χ2n) is 11.1. The van der Waals surface area contributed by atoms with Gasteiger partial charge in [-0.25, -0.2) is 0 Å². The van der Waals surface area contributed by atoms with Gasteiger partial charge < -0.3 is 4.74 Å². The molecule has 3 aromatic carbocycles. The van der Waals surface area contributed by atoms with Crippen LogP contribution < -0.4 is 0 Å². The van der Waals surface area contributed by atoms with Gasteiger partial charge in [0.15, 0.2) is 5.78 Å². The summed E-state index contributed by atoms with van der Waals surface area (Å²) in [6, 6.07) is 23.2. The van der Waals surface area contributed by atoms with Gasteiger partial charge in [0.25, 0.3) is 0 Å². The number of ketones is 1. The normalized spacial score (nSPS) is 26.4. The third-order valence-electron chi connectivity index (χ3n) is 8.76. The number of rotatable bonds is 8. The maximum atomic E-state index is 13.7. The molecular weight excluding hydrogens is 454 g/mol. The van der Waals surface area contributed by atoms with Crippen molar-refractivity contribution in [3.8, 4) is 0 Å². The fourth-order valence-corrected chi connectivity index (χ4v) is 6.89. The van der Waals surface area contributed by atoms with E-state index >= 15 is 0 Å². The first kappa shape index (κ1) is 24.3. The van der Waals surface area contributed by atoms with Crippen LogP contribution in [0.3, 0.4) is 0 Å². The summed E-state index contributed by atoms with van der Waals surface area (Å²) < 4.78 is 6.96. The van der Waals surface area contributed by atoms with Crippen LogP contribution in [0.2, 0.25) is 0 Å². The summed E-state index contributed by atoms with van der Waals surface area (Å²) in [7, 11) is 0. The number of hydrogen-bond donors (Lipinski definition) is 0. The number of aryl methyl sites for hydroxylation is 1. The van der Waals surface area contributed by atoms with E-state index in [1.807, 2.05) is 24.3 Å². The van der Waals surface area contributed by atoms with Gasteiger partial charge in [-0.15, -0.1) is 0 Å². The molecule has 6 rings (SSSR count). The number of ether oxygens (including phenoxy) is 1. The Morgan fingerprint density at radius 1 is 0.892 bits per heavy atom. The van der Waals surface area contributed by atoms with Crippen molar-refractivity contribution in [1.29, 1.82) is 0 Å². The first-order valence-corrected chi connectivity index (χ1v) is 13.9. The quantitative estimate of drug-likeness (QED) is 0.247. The SMILES string of the molecule is CCc1cccc(CN(CC(=O)c2ccc3ccccc3c2)CC23CC=CCC2C2CC=CCC2O3)c1. The molecule has 1 heterocycles. The second-order valence-corrected chi connectivity index (χ2v) is 11.1. The fourth-order valence-electron chi connectivity index (χ4n) is 6.89. The molecule has 0 amide bonds. The van der Waals surface area contributed by atoms with Crippen molar-refractivity contribution in [1.82, 2.24) is 4.90 Å². The topological polar surface area (TPSA) is 29.5 Å². The van der Waals surface area contributed by atoms with Crippen LogP contribution in [0.1, 0.15) is 54.1 Å². The van der Waals surface area contributed by atoms with Crippen molar-refractivity contribution >= 4 is 16.6 Å². The first-order chi connectivity index (χ1) is 18.1. The fraction of sp³-hybridized carbons (Fsp3) is 0.382. The van der Waals surface area contributed by atoms with E-state index in [-0.39, 0.29) is 11.4 Å². The van der Waals surface area contributed by atoms with Crippen LogP contribution in [-0.4, -0.2) is 35.5 Å². The van der Waals surface area contributed by atoms with E-state index in [0.717, 1.165) is 56.1 Å². The summed E-state index contributed by atoms with van der Waals surface area (Å²) in [5.41, 5.74) is 3.17. The van der Waals surface area contributed by atoms with Gasteiger partial charge in [-0.2, -0.15) is 0 Å². The average Bonchev–Trinajstić information content (AvgIpc) is 3.26. The lowest BCUT2D eigenvalue weighted by molar-refractivity contribution is -0.0775. The third kappa shape index (κ3) is 4.95. The van der Waals surface area contributed by atoms with Crippen molar-refractivity contribution in [2.75, 3.05) is 13.1 Å². The molecule has 3 heteroatoms. The molecule has 1 saturated heterocycles. The Morgan fingerprint density at radius 2 is 1.70 bits per heavy atom. The second kappa shape index (κ2) is 10.4. The number of benzene rings is 3. The van der Waals surface area contributed by atoms with Crippen LogP contribution in [0.5, 0.6) is 0 Å². The number of carbonyl (C=O) groups excluding carboxylic acids is 1. The number of Topliss-reactive ketones (excluding diaryl/α,β-unsaturated/α-hetero) is 1. The van der Waals surface area contributed by atoms with E-state index < -0.39 is 0 Å². The number of fused-ring (bicyclic) bond motifs is 4. The summed E-state index contributed by atoms with van der Waals surface area (Å²) >= 11 is 0. The molecule has 1 aliphatic heterocycles. The zero-order chi connectivity index (χ0) is 25.2. The number of carbonyl (C=O) groups is 1. The zero-order valence-corrected chi connectivity index (χ0v) is 21.8. The lowest BCUT2D eigenvalue weighted by Crippen LogP contribution is -2.49.